The standard InChI is InChI=1S/C32H32BrN5O4/c1-19(35-2)30(39)36-26-18-38(31(40)23-8-4-5-9-25(23)34)28-11-7-6-10-27(28)37(32(26)41)17-24-22-14-13-21(33)16-20(22)12-15-29(24)42-3/h4-16,19,26,35H,17-18,34H2,1-3H3,(H,36,39). The monoisotopic (exact) mass is 629 g/mol. The van der Waals surface area contributed by atoms with Crippen molar-refractivity contribution >= 4 is 61.5 Å². The molecular formula is C32H32BrN5O4. The van der Waals surface area contributed by atoms with Gasteiger partial charge in [-0.25, -0.2) is 0 Å². The van der Waals surface area contributed by atoms with Gasteiger partial charge in [-0.2, -0.15) is 0 Å². The summed E-state index contributed by atoms with van der Waals surface area (Å²) in [5, 5.41) is 7.67. The Balaban J connectivity index is 1.67. The molecule has 1 aliphatic rings. The second-order valence-electron chi connectivity index (χ2n) is 10.1. The molecule has 4 N–H and O–H groups in total. The van der Waals surface area contributed by atoms with Gasteiger partial charge in [0.15, 0.2) is 0 Å². The third-order valence-corrected chi connectivity index (χ3v) is 8.05. The van der Waals surface area contributed by atoms with E-state index in [1.165, 1.54) is 4.90 Å². The molecule has 2 atom stereocenters. The van der Waals surface area contributed by atoms with Crippen molar-refractivity contribution in [3.05, 3.63) is 94.5 Å². The minimum absolute atomic E-state index is 0.0820. The Labute approximate surface area is 252 Å². The number of carbonyl (C=O) groups excluding carboxylic acids is 3. The van der Waals surface area contributed by atoms with E-state index in [0.717, 1.165) is 20.8 Å². The third-order valence-electron chi connectivity index (χ3n) is 7.56. The van der Waals surface area contributed by atoms with Gasteiger partial charge in [-0.05, 0) is 67.2 Å². The van der Waals surface area contributed by atoms with E-state index in [1.54, 1.807) is 62.4 Å². The van der Waals surface area contributed by atoms with Crippen LogP contribution in [0.3, 0.4) is 0 Å². The molecule has 0 saturated heterocycles. The molecule has 9 nitrogen and oxygen atoms in total. The highest BCUT2D eigenvalue weighted by Gasteiger charge is 2.38. The fourth-order valence-electron chi connectivity index (χ4n) is 5.17. The van der Waals surface area contributed by atoms with Crippen molar-refractivity contribution in [2.75, 3.05) is 36.2 Å². The second kappa shape index (κ2) is 12.2. The summed E-state index contributed by atoms with van der Waals surface area (Å²) in [6, 6.07) is 22.2. The summed E-state index contributed by atoms with van der Waals surface area (Å²) in [5.74, 6) is -0.468. The molecule has 0 aliphatic carbocycles. The van der Waals surface area contributed by atoms with Gasteiger partial charge in [-0.3, -0.25) is 14.4 Å². The van der Waals surface area contributed by atoms with E-state index in [2.05, 4.69) is 26.6 Å². The number of fused-ring (bicyclic) bond motifs is 2. The molecule has 5 rings (SSSR count). The fraction of sp³-hybridized carbons (Fsp3) is 0.219. The molecule has 0 aromatic heterocycles. The first-order valence-corrected chi connectivity index (χ1v) is 14.3. The van der Waals surface area contributed by atoms with E-state index in [0.29, 0.717) is 28.4 Å². The number of benzene rings is 4. The van der Waals surface area contributed by atoms with Gasteiger partial charge in [0.25, 0.3) is 11.8 Å². The number of likely N-dealkylation sites (N-methyl/N-ethyl adjacent to an activating group) is 1. The topological polar surface area (TPSA) is 117 Å². The SMILES string of the molecule is CNC(C)C(=O)NC1CN(C(=O)c2ccccc2N)c2ccccc2N(Cc2c(OC)ccc3cc(Br)ccc23)C1=O. The van der Waals surface area contributed by atoms with Crippen molar-refractivity contribution in [2.24, 2.45) is 0 Å². The minimum Gasteiger partial charge on any atom is -0.496 e. The predicted molar refractivity (Wildman–Crippen MR) is 169 cm³/mol. The molecule has 42 heavy (non-hydrogen) atoms. The summed E-state index contributed by atoms with van der Waals surface area (Å²) in [4.78, 5) is 44.6. The van der Waals surface area contributed by atoms with Crippen LogP contribution in [0.2, 0.25) is 0 Å². The summed E-state index contributed by atoms with van der Waals surface area (Å²) < 4.78 is 6.67. The largest absolute Gasteiger partial charge is 0.496 e. The maximum absolute atomic E-state index is 14.4. The molecule has 216 valence electrons. The highest BCUT2D eigenvalue weighted by atomic mass is 79.9. The summed E-state index contributed by atoms with van der Waals surface area (Å²) in [7, 11) is 3.26. The van der Waals surface area contributed by atoms with Crippen LogP contribution in [0.1, 0.15) is 22.8 Å². The van der Waals surface area contributed by atoms with Crippen molar-refractivity contribution in [1.82, 2.24) is 10.6 Å². The van der Waals surface area contributed by atoms with Crippen LogP contribution in [0.5, 0.6) is 5.75 Å². The van der Waals surface area contributed by atoms with E-state index in [9.17, 15) is 14.4 Å². The first kappa shape index (κ1) is 29.1. The van der Waals surface area contributed by atoms with Gasteiger partial charge >= 0.3 is 0 Å². The highest BCUT2D eigenvalue weighted by molar-refractivity contribution is 9.10. The van der Waals surface area contributed by atoms with Crippen LogP contribution in [0, 0.1) is 0 Å². The van der Waals surface area contributed by atoms with Crippen molar-refractivity contribution in [1.29, 1.82) is 0 Å². The normalized spacial score (nSPS) is 15.6. The average Bonchev–Trinajstić information content (AvgIpc) is 3.11. The molecule has 0 spiro atoms. The number of hydrogen-bond acceptors (Lipinski definition) is 6. The molecular weight excluding hydrogens is 598 g/mol. The van der Waals surface area contributed by atoms with Gasteiger partial charge in [-0.15, -0.1) is 0 Å². The number of ether oxygens (including phenoxy) is 1. The van der Waals surface area contributed by atoms with E-state index in [4.69, 9.17) is 10.5 Å². The number of halogens is 1. The van der Waals surface area contributed by atoms with Gasteiger partial charge < -0.3 is 30.9 Å². The van der Waals surface area contributed by atoms with Crippen LogP contribution in [0.15, 0.2) is 83.3 Å². The lowest BCUT2D eigenvalue weighted by Gasteiger charge is -2.27. The van der Waals surface area contributed by atoms with Crippen LogP contribution in [0.25, 0.3) is 10.8 Å². The van der Waals surface area contributed by atoms with Crippen LogP contribution in [-0.2, 0) is 16.1 Å². The van der Waals surface area contributed by atoms with Crippen LogP contribution in [0.4, 0.5) is 17.1 Å². The fourth-order valence-corrected chi connectivity index (χ4v) is 5.55. The number of nitrogen functional groups attached to an aromatic ring is 1. The lowest BCUT2D eigenvalue weighted by Crippen LogP contribution is -2.55. The Bertz CT molecular complexity index is 1680. The quantitative estimate of drug-likeness (QED) is 0.260. The van der Waals surface area contributed by atoms with Gasteiger partial charge in [0, 0.05) is 15.7 Å². The number of para-hydroxylation sites is 3. The summed E-state index contributed by atoms with van der Waals surface area (Å²) in [5.41, 5.74) is 8.68. The molecule has 4 aromatic rings. The third kappa shape index (κ3) is 5.55. The number of methoxy groups -OCH3 is 1. The molecule has 0 saturated carbocycles. The number of carbonyl (C=O) groups is 3. The molecule has 3 amide bonds. The molecule has 1 aliphatic heterocycles. The zero-order valence-electron chi connectivity index (χ0n) is 23.6. The summed E-state index contributed by atoms with van der Waals surface area (Å²) >= 11 is 3.54. The van der Waals surface area contributed by atoms with E-state index in [-0.39, 0.29) is 30.8 Å². The summed E-state index contributed by atoms with van der Waals surface area (Å²) in [6.07, 6.45) is 0. The maximum atomic E-state index is 14.4. The Kier molecular flexibility index (Phi) is 8.46. The Morgan fingerprint density at radius 3 is 2.48 bits per heavy atom. The number of rotatable bonds is 7. The number of amides is 3. The Morgan fingerprint density at radius 2 is 1.76 bits per heavy atom. The van der Waals surface area contributed by atoms with E-state index < -0.39 is 12.1 Å². The molecule has 4 aromatic carbocycles. The molecule has 0 radical (unpaired) electrons. The van der Waals surface area contributed by atoms with Crippen LogP contribution >= 0.6 is 15.9 Å². The average molecular weight is 631 g/mol. The van der Waals surface area contributed by atoms with Crippen LogP contribution < -0.4 is 30.9 Å². The second-order valence-corrected chi connectivity index (χ2v) is 11.0. The maximum Gasteiger partial charge on any atom is 0.260 e. The Morgan fingerprint density at radius 1 is 1.05 bits per heavy atom. The zero-order chi connectivity index (χ0) is 30.0. The van der Waals surface area contributed by atoms with E-state index >= 15 is 0 Å². The first-order chi connectivity index (χ1) is 20.2. The van der Waals surface area contributed by atoms with Crippen molar-refractivity contribution in [3.8, 4) is 5.75 Å². The Hall–Kier alpha value is -4.41. The number of nitrogens with one attached hydrogen (secondary N) is 2. The highest BCUT2D eigenvalue weighted by Crippen LogP contribution is 2.38. The van der Waals surface area contributed by atoms with Crippen molar-refractivity contribution in [2.45, 2.75) is 25.6 Å². The lowest BCUT2D eigenvalue weighted by atomic mass is 10.0. The zero-order valence-corrected chi connectivity index (χ0v) is 25.1. The molecule has 1 heterocycles. The summed E-state index contributed by atoms with van der Waals surface area (Å²) in [6.45, 7) is 1.76. The number of nitrogens with zero attached hydrogens (tertiary/aromatic N) is 2. The minimum atomic E-state index is -1.04. The van der Waals surface area contributed by atoms with Gasteiger partial charge in [-0.1, -0.05) is 52.3 Å². The number of hydrogen-bond donors (Lipinski definition) is 3. The smallest absolute Gasteiger partial charge is 0.260 e. The predicted octanol–water partition coefficient (Wildman–Crippen LogP) is 4.48. The number of nitrogens with two attached hydrogens (primary N) is 1. The van der Waals surface area contributed by atoms with Gasteiger partial charge in [0.1, 0.15) is 11.8 Å². The van der Waals surface area contributed by atoms with Crippen LogP contribution in [-0.4, -0.2) is 50.5 Å². The lowest BCUT2D eigenvalue weighted by molar-refractivity contribution is -0.128. The first-order valence-electron chi connectivity index (χ1n) is 13.5. The number of anilines is 3. The van der Waals surface area contributed by atoms with Gasteiger partial charge in [0.2, 0.25) is 5.91 Å². The molecule has 0 bridgehead atoms. The van der Waals surface area contributed by atoms with Crippen molar-refractivity contribution < 1.29 is 19.1 Å². The van der Waals surface area contributed by atoms with Crippen molar-refractivity contribution in [3.63, 3.8) is 0 Å². The molecule has 2 unspecified atom stereocenters. The van der Waals surface area contributed by atoms with E-state index in [1.807, 2.05) is 42.5 Å². The van der Waals surface area contributed by atoms with Gasteiger partial charge in [0.05, 0.1) is 43.2 Å². The molecule has 10 heteroatoms. The molecule has 0 fully saturated rings.